The minimum Gasteiger partial charge on any atom is -0.472 e. The van der Waals surface area contributed by atoms with E-state index in [0.29, 0.717) is 22.8 Å². The molecule has 2 fully saturated rings. The van der Waals surface area contributed by atoms with E-state index in [1.165, 1.54) is 23.4 Å². The van der Waals surface area contributed by atoms with Crippen LogP contribution in [0.3, 0.4) is 0 Å². The predicted molar refractivity (Wildman–Crippen MR) is 110 cm³/mol. The lowest BCUT2D eigenvalue weighted by Crippen LogP contribution is -2.51. The second kappa shape index (κ2) is 7.36. The van der Waals surface area contributed by atoms with Gasteiger partial charge in [-0.05, 0) is 50.8 Å². The number of nitrogens with zero attached hydrogens (tertiary/aromatic N) is 6. The van der Waals surface area contributed by atoms with Crippen LogP contribution in [0, 0.1) is 12.8 Å². The predicted octanol–water partition coefficient (Wildman–Crippen LogP) is 3.09. The lowest BCUT2D eigenvalue weighted by Gasteiger charge is -2.37. The lowest BCUT2D eigenvalue weighted by atomic mass is 9.98. The summed E-state index contributed by atoms with van der Waals surface area (Å²) in [6, 6.07) is 6.02. The molecule has 4 atom stereocenters. The number of likely N-dealkylation sites (tertiary alicyclic amines) is 1. The summed E-state index contributed by atoms with van der Waals surface area (Å²) in [6.07, 6.45) is 2.54. The number of pyridine rings is 2. The topological polar surface area (TPSA) is 86.0 Å². The fourth-order valence-corrected chi connectivity index (χ4v) is 4.32. The number of piperidine rings is 1. The Kier molecular flexibility index (Phi) is 4.11. The van der Waals surface area contributed by atoms with Crippen LogP contribution in [0.2, 0.25) is 5.02 Å². The Balaban J connectivity index is 1.50. The van der Waals surface area contributed by atoms with Crippen LogP contribution in [0.1, 0.15) is 38.6 Å². The van der Waals surface area contributed by atoms with E-state index < -0.39 is 18.5 Å². The molecular formula is C21H21ClN6O2. The van der Waals surface area contributed by atoms with Crippen LogP contribution in [0.5, 0.6) is 5.88 Å². The van der Waals surface area contributed by atoms with Crippen LogP contribution in [-0.2, 0) is 0 Å². The highest BCUT2D eigenvalue weighted by Crippen LogP contribution is 2.44. The second-order valence-electron chi connectivity index (χ2n) is 7.52. The number of carbonyl (C=O) groups is 1. The van der Waals surface area contributed by atoms with Crippen LogP contribution in [0.15, 0.2) is 42.9 Å². The summed E-state index contributed by atoms with van der Waals surface area (Å²) in [4.78, 5) is 25.4. The summed E-state index contributed by atoms with van der Waals surface area (Å²) >= 11 is 5.90. The molecule has 1 saturated heterocycles. The summed E-state index contributed by atoms with van der Waals surface area (Å²) in [6.45, 7) is 3.69. The van der Waals surface area contributed by atoms with Crippen LogP contribution in [-0.4, -0.2) is 54.0 Å². The number of halogens is 1. The lowest BCUT2D eigenvalue weighted by molar-refractivity contribution is 0.0309. The molecule has 0 unspecified atom stereocenters. The standard InChI is InChI=1S/C21H21ClN6O2/c1-12-3-5-16(28-24-7-8-25-28)20(26-12)21(29)27-13(2)14-9-17(27)18(10-14)30-19-6-4-15(22)11-23-19/h3-8,11,13-14,17-18H,9-10H2,1-2H3/t13-,14-,17+,18-/m1/s1/i10D2. The first-order valence-corrected chi connectivity index (χ1v) is 10.1. The Morgan fingerprint density at radius 3 is 2.77 bits per heavy atom. The van der Waals surface area contributed by atoms with Gasteiger partial charge in [0.1, 0.15) is 11.8 Å². The molecule has 3 aromatic heterocycles. The van der Waals surface area contributed by atoms with Gasteiger partial charge in [0.25, 0.3) is 5.91 Å². The largest absolute Gasteiger partial charge is 0.472 e. The maximum atomic E-state index is 13.8. The van der Waals surface area contributed by atoms with Gasteiger partial charge in [-0.3, -0.25) is 4.79 Å². The Hall–Kier alpha value is -3.00. The molecule has 4 heterocycles. The van der Waals surface area contributed by atoms with E-state index in [-0.39, 0.29) is 29.4 Å². The summed E-state index contributed by atoms with van der Waals surface area (Å²) in [7, 11) is 0. The van der Waals surface area contributed by atoms with Crippen LogP contribution in [0.4, 0.5) is 0 Å². The molecule has 0 aromatic carbocycles. The number of amides is 1. The normalized spacial score (nSPS) is 27.6. The summed E-state index contributed by atoms with van der Waals surface area (Å²) < 4.78 is 23.4. The minimum atomic E-state index is -1.62. The maximum absolute atomic E-state index is 13.8. The van der Waals surface area contributed by atoms with Gasteiger partial charge in [-0.1, -0.05) is 11.6 Å². The van der Waals surface area contributed by atoms with E-state index in [9.17, 15) is 4.79 Å². The fourth-order valence-electron chi connectivity index (χ4n) is 4.21. The van der Waals surface area contributed by atoms with Gasteiger partial charge < -0.3 is 9.64 Å². The number of fused-ring (bicyclic) bond motifs is 2. The van der Waals surface area contributed by atoms with Crippen molar-refractivity contribution >= 4 is 17.5 Å². The number of aromatic nitrogens is 5. The third-order valence-corrected chi connectivity index (χ3v) is 5.86. The molecule has 0 spiro atoms. The molecule has 30 heavy (non-hydrogen) atoms. The number of hydrogen-bond acceptors (Lipinski definition) is 6. The molecular weight excluding hydrogens is 404 g/mol. The van der Waals surface area contributed by atoms with Crippen molar-refractivity contribution in [2.75, 3.05) is 0 Å². The molecule has 1 amide bonds. The number of carbonyl (C=O) groups excluding carboxylic acids is 1. The number of ether oxygens (including phenoxy) is 1. The zero-order valence-electron chi connectivity index (χ0n) is 18.4. The molecule has 0 N–H and O–H groups in total. The first kappa shape index (κ1) is 16.8. The molecule has 2 bridgehead atoms. The van der Waals surface area contributed by atoms with Crippen molar-refractivity contribution in [1.29, 1.82) is 0 Å². The van der Waals surface area contributed by atoms with E-state index in [1.54, 1.807) is 29.2 Å². The first-order valence-electron chi connectivity index (χ1n) is 10.7. The van der Waals surface area contributed by atoms with Crippen molar-refractivity contribution in [3.8, 4) is 11.6 Å². The van der Waals surface area contributed by atoms with Gasteiger partial charge in [-0.25, -0.2) is 9.97 Å². The highest BCUT2D eigenvalue weighted by molar-refractivity contribution is 6.30. The van der Waals surface area contributed by atoms with E-state index >= 15 is 0 Å². The molecule has 1 saturated carbocycles. The average molecular weight is 427 g/mol. The van der Waals surface area contributed by atoms with Gasteiger partial charge in [0.2, 0.25) is 5.88 Å². The zero-order valence-corrected chi connectivity index (χ0v) is 17.2. The van der Waals surface area contributed by atoms with Crippen LogP contribution in [0.25, 0.3) is 5.69 Å². The van der Waals surface area contributed by atoms with Crippen molar-refractivity contribution in [3.05, 3.63) is 59.3 Å². The fraction of sp³-hybridized carbons (Fsp3) is 0.381. The van der Waals surface area contributed by atoms with Crippen LogP contribution < -0.4 is 4.74 Å². The van der Waals surface area contributed by atoms with Crippen molar-refractivity contribution in [2.24, 2.45) is 5.92 Å². The molecule has 2 aliphatic rings. The van der Waals surface area contributed by atoms with E-state index in [2.05, 4.69) is 20.2 Å². The minimum absolute atomic E-state index is 0.226. The van der Waals surface area contributed by atoms with Gasteiger partial charge in [0, 0.05) is 26.7 Å². The molecule has 3 aromatic rings. The third-order valence-electron chi connectivity index (χ3n) is 5.63. The number of hydrogen-bond donors (Lipinski definition) is 0. The van der Waals surface area contributed by atoms with Gasteiger partial charge in [0.05, 0.1) is 23.5 Å². The smallest absolute Gasteiger partial charge is 0.275 e. The van der Waals surface area contributed by atoms with E-state index in [0.717, 1.165) is 0 Å². The van der Waals surface area contributed by atoms with Gasteiger partial charge >= 0.3 is 0 Å². The number of rotatable bonds is 4. The monoisotopic (exact) mass is 426 g/mol. The second-order valence-corrected chi connectivity index (χ2v) is 7.96. The molecule has 1 aliphatic carbocycles. The molecule has 1 aliphatic heterocycles. The Labute approximate surface area is 181 Å². The van der Waals surface area contributed by atoms with Gasteiger partial charge in [-0.2, -0.15) is 10.2 Å². The number of aryl methyl sites for hydroxylation is 1. The highest BCUT2D eigenvalue weighted by atomic mass is 35.5. The van der Waals surface area contributed by atoms with Crippen molar-refractivity contribution in [3.63, 3.8) is 0 Å². The van der Waals surface area contributed by atoms with Gasteiger partial charge in [-0.15, -0.1) is 4.80 Å². The van der Waals surface area contributed by atoms with Crippen molar-refractivity contribution < 1.29 is 12.3 Å². The summed E-state index contributed by atoms with van der Waals surface area (Å²) in [5, 5.41) is 8.75. The Morgan fingerprint density at radius 2 is 2.07 bits per heavy atom. The highest BCUT2D eigenvalue weighted by Gasteiger charge is 2.53. The molecule has 9 heteroatoms. The molecule has 8 nitrogen and oxygen atoms in total. The van der Waals surface area contributed by atoms with Crippen molar-refractivity contribution in [2.45, 2.75) is 44.8 Å². The third kappa shape index (κ3) is 3.21. The average Bonchev–Trinajstić information content (AvgIpc) is 3.46. The Morgan fingerprint density at radius 1 is 1.27 bits per heavy atom. The molecule has 154 valence electrons. The Bertz CT molecular complexity index is 1160. The first-order chi connectivity index (χ1) is 15.3. The van der Waals surface area contributed by atoms with E-state index in [4.69, 9.17) is 19.1 Å². The summed E-state index contributed by atoms with van der Waals surface area (Å²) in [5.41, 5.74) is 1.39. The maximum Gasteiger partial charge on any atom is 0.275 e. The van der Waals surface area contributed by atoms with Crippen molar-refractivity contribution in [1.82, 2.24) is 29.9 Å². The molecule has 0 radical (unpaired) electrons. The summed E-state index contributed by atoms with van der Waals surface area (Å²) in [5.74, 6) is -0.398. The molecule has 5 rings (SSSR count). The van der Waals surface area contributed by atoms with Gasteiger partial charge in [0.15, 0.2) is 5.69 Å². The zero-order chi connectivity index (χ0) is 22.6. The quantitative estimate of drug-likeness (QED) is 0.637. The van der Waals surface area contributed by atoms with E-state index in [1.807, 2.05) is 13.8 Å². The van der Waals surface area contributed by atoms with Crippen LogP contribution >= 0.6 is 11.6 Å². The SMILES string of the molecule is [2H]C1([2H])[C@H]2C[C@@H]([C@@H]1Oc1ccc(Cl)cn1)N(C(=O)c1nc(C)ccc1-n1nccn1)[C@@H]2C.